The van der Waals surface area contributed by atoms with E-state index in [0.29, 0.717) is 12.0 Å². The number of nitrogens with one attached hydrogen (secondary N) is 3. The van der Waals surface area contributed by atoms with Gasteiger partial charge in [0.1, 0.15) is 0 Å². The van der Waals surface area contributed by atoms with Gasteiger partial charge in [0.25, 0.3) is 0 Å². The third-order valence-electron chi connectivity index (χ3n) is 3.52. The largest absolute Gasteiger partial charge is 0.338 e. The van der Waals surface area contributed by atoms with E-state index < -0.39 is 0 Å². The van der Waals surface area contributed by atoms with Gasteiger partial charge >= 0.3 is 6.03 Å². The molecule has 0 bridgehead atoms. The number of piperidine rings is 1. The van der Waals surface area contributed by atoms with Gasteiger partial charge in [-0.15, -0.1) is 0 Å². The first-order chi connectivity index (χ1) is 8.34. The zero-order valence-electron chi connectivity index (χ0n) is 10.3. The molecule has 0 spiro atoms. The summed E-state index contributed by atoms with van der Waals surface area (Å²) in [5, 5.41) is 9.35. The Labute approximate surface area is 108 Å². The number of carbonyl (C=O) groups is 1. The quantitative estimate of drug-likeness (QED) is 0.711. The maximum Gasteiger partial charge on any atom is 0.315 e. The molecule has 2 fully saturated rings. The minimum atomic E-state index is 0.0110. The number of amides is 2. The van der Waals surface area contributed by atoms with Gasteiger partial charge in [-0.1, -0.05) is 0 Å². The first-order valence-electron chi connectivity index (χ1n) is 6.67. The van der Waals surface area contributed by atoms with Crippen LogP contribution in [0.4, 0.5) is 4.79 Å². The first kappa shape index (κ1) is 13.0. The smallest absolute Gasteiger partial charge is 0.315 e. The summed E-state index contributed by atoms with van der Waals surface area (Å²) in [4.78, 5) is 11.7. The van der Waals surface area contributed by atoms with E-state index in [1.807, 2.05) is 11.8 Å². The summed E-state index contributed by atoms with van der Waals surface area (Å²) in [7, 11) is 0. The molecule has 3 N–H and O–H groups in total. The Kier molecular flexibility index (Phi) is 5.45. The molecule has 17 heavy (non-hydrogen) atoms. The van der Waals surface area contributed by atoms with Crippen molar-refractivity contribution in [3.8, 4) is 0 Å². The minimum absolute atomic E-state index is 0.0110. The first-order valence-corrected chi connectivity index (χ1v) is 7.83. The molecule has 2 saturated heterocycles. The van der Waals surface area contributed by atoms with Crippen LogP contribution < -0.4 is 16.0 Å². The van der Waals surface area contributed by atoms with E-state index in [-0.39, 0.29) is 6.03 Å². The van der Waals surface area contributed by atoms with E-state index in [1.165, 1.54) is 24.3 Å². The molecule has 0 aliphatic carbocycles. The lowest BCUT2D eigenvalue weighted by Gasteiger charge is -2.25. The van der Waals surface area contributed by atoms with Crippen molar-refractivity contribution in [3.05, 3.63) is 0 Å². The fourth-order valence-corrected chi connectivity index (χ4v) is 3.60. The third kappa shape index (κ3) is 4.76. The fraction of sp³-hybridized carbons (Fsp3) is 0.917. The average molecular weight is 257 g/mol. The fourth-order valence-electron chi connectivity index (χ4n) is 2.40. The van der Waals surface area contributed by atoms with Crippen molar-refractivity contribution >= 4 is 17.8 Å². The Morgan fingerprint density at radius 2 is 2.12 bits per heavy atom. The highest BCUT2D eigenvalue weighted by atomic mass is 32.2. The van der Waals surface area contributed by atoms with Crippen LogP contribution in [0.25, 0.3) is 0 Å². The van der Waals surface area contributed by atoms with Gasteiger partial charge in [-0.25, -0.2) is 4.79 Å². The van der Waals surface area contributed by atoms with Crippen LogP contribution in [0.2, 0.25) is 0 Å². The van der Waals surface area contributed by atoms with Gasteiger partial charge in [0.15, 0.2) is 0 Å². The molecule has 1 atom stereocenters. The van der Waals surface area contributed by atoms with Gasteiger partial charge in [-0.2, -0.15) is 11.8 Å². The van der Waals surface area contributed by atoms with Crippen molar-refractivity contribution in [3.63, 3.8) is 0 Å². The second kappa shape index (κ2) is 7.11. The van der Waals surface area contributed by atoms with Crippen LogP contribution in [-0.2, 0) is 0 Å². The standard InChI is InChI=1S/C12H23N3OS/c16-12(15-11-2-1-5-13-9-11)14-8-10-3-6-17-7-4-10/h10-11,13H,1-9H2,(H2,14,15,16). The Hall–Kier alpha value is -0.420. The van der Waals surface area contributed by atoms with Gasteiger partial charge in [0.05, 0.1) is 0 Å². The maximum atomic E-state index is 11.7. The Balaban J connectivity index is 1.59. The van der Waals surface area contributed by atoms with Crippen LogP contribution in [0.5, 0.6) is 0 Å². The molecule has 0 aromatic carbocycles. The summed E-state index contributed by atoms with van der Waals surface area (Å²) in [5.41, 5.74) is 0. The normalized spacial score (nSPS) is 26.5. The molecule has 2 rings (SSSR count). The predicted octanol–water partition coefficient (Wildman–Crippen LogP) is 1.18. The lowest BCUT2D eigenvalue weighted by atomic mass is 10.0. The molecule has 2 heterocycles. The van der Waals surface area contributed by atoms with Crippen molar-refractivity contribution in [2.24, 2.45) is 5.92 Å². The predicted molar refractivity (Wildman–Crippen MR) is 72.5 cm³/mol. The molecule has 2 amide bonds. The third-order valence-corrected chi connectivity index (χ3v) is 4.57. The van der Waals surface area contributed by atoms with Crippen molar-refractivity contribution < 1.29 is 4.79 Å². The van der Waals surface area contributed by atoms with Gasteiger partial charge in [-0.05, 0) is 49.7 Å². The van der Waals surface area contributed by atoms with E-state index in [4.69, 9.17) is 0 Å². The van der Waals surface area contributed by atoms with Crippen LogP contribution in [0.15, 0.2) is 0 Å². The molecule has 4 nitrogen and oxygen atoms in total. The highest BCUT2D eigenvalue weighted by Gasteiger charge is 2.17. The van der Waals surface area contributed by atoms with Gasteiger partial charge in [0, 0.05) is 19.1 Å². The van der Waals surface area contributed by atoms with Crippen molar-refractivity contribution in [1.82, 2.24) is 16.0 Å². The van der Waals surface area contributed by atoms with Crippen LogP contribution in [0.3, 0.4) is 0 Å². The van der Waals surface area contributed by atoms with Gasteiger partial charge in [-0.3, -0.25) is 0 Å². The molecule has 0 radical (unpaired) electrons. The van der Waals surface area contributed by atoms with Crippen LogP contribution in [0.1, 0.15) is 25.7 Å². The number of hydrogen-bond donors (Lipinski definition) is 3. The van der Waals surface area contributed by atoms with E-state index >= 15 is 0 Å². The molecule has 0 aromatic rings. The van der Waals surface area contributed by atoms with Crippen LogP contribution >= 0.6 is 11.8 Å². The zero-order valence-corrected chi connectivity index (χ0v) is 11.2. The lowest BCUT2D eigenvalue weighted by Crippen LogP contribution is -2.49. The van der Waals surface area contributed by atoms with Crippen LogP contribution in [-0.4, -0.2) is 43.2 Å². The number of urea groups is 1. The zero-order chi connectivity index (χ0) is 11.9. The summed E-state index contributed by atoms with van der Waals surface area (Å²) < 4.78 is 0. The highest BCUT2D eigenvalue weighted by molar-refractivity contribution is 7.99. The SMILES string of the molecule is O=C(NCC1CCSCC1)NC1CCCNC1. The number of carbonyl (C=O) groups excluding carboxylic acids is 1. The van der Waals surface area contributed by atoms with Crippen molar-refractivity contribution in [2.45, 2.75) is 31.7 Å². The molecule has 2 aliphatic heterocycles. The molecule has 98 valence electrons. The summed E-state index contributed by atoms with van der Waals surface area (Å²) in [6, 6.07) is 0.322. The Morgan fingerprint density at radius 3 is 2.82 bits per heavy atom. The number of thioether (sulfide) groups is 1. The molecule has 1 unspecified atom stereocenters. The maximum absolute atomic E-state index is 11.7. The van der Waals surface area contributed by atoms with Gasteiger partial charge < -0.3 is 16.0 Å². The number of rotatable bonds is 3. The molecule has 0 aromatic heterocycles. The Morgan fingerprint density at radius 1 is 1.29 bits per heavy atom. The van der Waals surface area contributed by atoms with Crippen LogP contribution in [0, 0.1) is 5.92 Å². The van der Waals surface area contributed by atoms with E-state index in [2.05, 4.69) is 16.0 Å². The summed E-state index contributed by atoms with van der Waals surface area (Å²) in [6.07, 6.45) is 4.75. The second-order valence-electron chi connectivity index (χ2n) is 4.95. The van der Waals surface area contributed by atoms with E-state index in [9.17, 15) is 4.79 Å². The summed E-state index contributed by atoms with van der Waals surface area (Å²) >= 11 is 2.02. The van der Waals surface area contributed by atoms with E-state index in [0.717, 1.165) is 32.5 Å². The topological polar surface area (TPSA) is 53.2 Å². The van der Waals surface area contributed by atoms with Gasteiger partial charge in [0.2, 0.25) is 0 Å². The summed E-state index contributed by atoms with van der Waals surface area (Å²) in [6.45, 7) is 2.83. The lowest BCUT2D eigenvalue weighted by molar-refractivity contribution is 0.231. The monoisotopic (exact) mass is 257 g/mol. The minimum Gasteiger partial charge on any atom is -0.338 e. The van der Waals surface area contributed by atoms with E-state index in [1.54, 1.807) is 0 Å². The van der Waals surface area contributed by atoms with Crippen molar-refractivity contribution in [2.75, 3.05) is 31.1 Å². The number of hydrogen-bond acceptors (Lipinski definition) is 3. The highest BCUT2D eigenvalue weighted by Crippen LogP contribution is 2.21. The molecular weight excluding hydrogens is 234 g/mol. The molecule has 2 aliphatic rings. The second-order valence-corrected chi connectivity index (χ2v) is 6.18. The molecule has 5 heteroatoms. The summed E-state index contributed by atoms with van der Waals surface area (Å²) in [5.74, 6) is 3.19. The van der Waals surface area contributed by atoms with Crippen molar-refractivity contribution in [1.29, 1.82) is 0 Å². The Bertz CT molecular complexity index is 238. The molecular formula is C12H23N3OS. The molecule has 0 saturated carbocycles. The average Bonchev–Trinajstić information content (AvgIpc) is 2.39.